The lowest BCUT2D eigenvalue weighted by Gasteiger charge is -2.13. The summed E-state index contributed by atoms with van der Waals surface area (Å²) in [5.74, 6) is 2.03. The first kappa shape index (κ1) is 20.6. The predicted octanol–water partition coefficient (Wildman–Crippen LogP) is 3.18. The molecule has 0 spiro atoms. The van der Waals surface area contributed by atoms with Crippen LogP contribution in [-0.2, 0) is 12.8 Å². The highest BCUT2D eigenvalue weighted by Crippen LogP contribution is 2.27. The quantitative estimate of drug-likeness (QED) is 0.403. The van der Waals surface area contributed by atoms with Gasteiger partial charge in [0.2, 0.25) is 0 Å². The normalized spacial score (nSPS) is 11.2. The molecule has 0 fully saturated rings. The average Bonchev–Trinajstić information content (AvgIpc) is 2.69. The molecule has 146 valence electrons. The fraction of sp³-hybridized carbons (Fsp3) is 0.381. The number of methoxy groups -OCH3 is 2. The van der Waals surface area contributed by atoms with Gasteiger partial charge in [-0.3, -0.25) is 4.99 Å². The zero-order chi connectivity index (χ0) is 19.5. The number of nitrogens with one attached hydrogen (secondary N) is 2. The van der Waals surface area contributed by atoms with E-state index in [-0.39, 0.29) is 5.82 Å². The maximum atomic E-state index is 13.2. The highest BCUT2D eigenvalue weighted by molar-refractivity contribution is 5.79. The molecule has 0 radical (unpaired) electrons. The third-order valence-electron chi connectivity index (χ3n) is 4.20. The molecule has 2 N–H and O–H groups in total. The van der Waals surface area contributed by atoms with E-state index in [4.69, 9.17) is 9.47 Å². The van der Waals surface area contributed by atoms with Gasteiger partial charge in [0.25, 0.3) is 0 Å². The molecule has 0 aromatic heterocycles. The minimum absolute atomic E-state index is 0.187. The van der Waals surface area contributed by atoms with Gasteiger partial charge in [0.05, 0.1) is 14.2 Å². The van der Waals surface area contributed by atoms with Gasteiger partial charge in [-0.15, -0.1) is 0 Å². The number of aliphatic imine (C=N–C) groups is 1. The van der Waals surface area contributed by atoms with Crippen LogP contribution in [0.3, 0.4) is 0 Å². The molecular formula is C21H28FN3O2. The van der Waals surface area contributed by atoms with E-state index in [1.807, 2.05) is 24.3 Å². The second kappa shape index (κ2) is 11.1. The zero-order valence-electron chi connectivity index (χ0n) is 16.2. The van der Waals surface area contributed by atoms with Gasteiger partial charge in [-0.25, -0.2) is 4.39 Å². The molecule has 0 aliphatic carbocycles. The summed E-state index contributed by atoms with van der Waals surface area (Å²) in [6, 6.07) is 12.6. The van der Waals surface area contributed by atoms with Gasteiger partial charge in [0, 0.05) is 20.1 Å². The molecule has 27 heavy (non-hydrogen) atoms. The van der Waals surface area contributed by atoms with Crippen molar-refractivity contribution in [3.05, 3.63) is 59.4 Å². The largest absolute Gasteiger partial charge is 0.493 e. The Balaban J connectivity index is 1.71. The number of guanidine groups is 1. The number of benzene rings is 2. The summed E-state index contributed by atoms with van der Waals surface area (Å²) in [6.07, 6.45) is 2.57. The third kappa shape index (κ3) is 6.81. The van der Waals surface area contributed by atoms with Crippen LogP contribution in [0.4, 0.5) is 4.39 Å². The van der Waals surface area contributed by atoms with Gasteiger partial charge in [0.15, 0.2) is 17.5 Å². The molecule has 2 aromatic carbocycles. The van der Waals surface area contributed by atoms with E-state index in [0.717, 1.165) is 60.9 Å². The van der Waals surface area contributed by atoms with Gasteiger partial charge in [-0.05, 0) is 54.7 Å². The Labute approximate surface area is 160 Å². The van der Waals surface area contributed by atoms with E-state index in [9.17, 15) is 4.39 Å². The summed E-state index contributed by atoms with van der Waals surface area (Å²) in [5.41, 5.74) is 2.16. The molecule has 0 atom stereocenters. The molecule has 5 nitrogen and oxygen atoms in total. The van der Waals surface area contributed by atoms with Crippen LogP contribution >= 0.6 is 0 Å². The second-order valence-electron chi connectivity index (χ2n) is 6.10. The van der Waals surface area contributed by atoms with E-state index in [1.54, 1.807) is 33.4 Å². The van der Waals surface area contributed by atoms with Crippen LogP contribution < -0.4 is 20.1 Å². The molecular weight excluding hydrogens is 345 g/mol. The van der Waals surface area contributed by atoms with Gasteiger partial charge >= 0.3 is 0 Å². The first-order chi connectivity index (χ1) is 13.2. The van der Waals surface area contributed by atoms with Crippen molar-refractivity contribution in [2.24, 2.45) is 4.99 Å². The summed E-state index contributed by atoms with van der Waals surface area (Å²) < 4.78 is 23.8. The van der Waals surface area contributed by atoms with Crippen molar-refractivity contribution in [2.45, 2.75) is 19.3 Å². The Morgan fingerprint density at radius 1 is 0.926 bits per heavy atom. The fourth-order valence-electron chi connectivity index (χ4n) is 2.77. The van der Waals surface area contributed by atoms with Crippen molar-refractivity contribution >= 4 is 5.96 Å². The van der Waals surface area contributed by atoms with Crippen molar-refractivity contribution < 1.29 is 13.9 Å². The lowest BCUT2D eigenvalue weighted by molar-refractivity contribution is 0.354. The van der Waals surface area contributed by atoms with Crippen molar-refractivity contribution in [3.63, 3.8) is 0 Å². The molecule has 0 amide bonds. The Kier molecular flexibility index (Phi) is 8.42. The van der Waals surface area contributed by atoms with E-state index in [1.165, 1.54) is 6.07 Å². The molecule has 0 unspecified atom stereocenters. The summed E-state index contributed by atoms with van der Waals surface area (Å²) in [6.45, 7) is 1.52. The Morgan fingerprint density at radius 3 is 2.37 bits per heavy atom. The van der Waals surface area contributed by atoms with Gasteiger partial charge < -0.3 is 20.1 Å². The number of ether oxygens (including phenoxy) is 2. The highest BCUT2D eigenvalue weighted by atomic mass is 19.1. The zero-order valence-corrected chi connectivity index (χ0v) is 16.2. The molecule has 2 rings (SSSR count). The number of aryl methyl sites for hydroxylation is 1. The number of hydrogen-bond donors (Lipinski definition) is 2. The maximum Gasteiger partial charge on any atom is 0.190 e. The van der Waals surface area contributed by atoms with Crippen LogP contribution in [0.1, 0.15) is 17.5 Å². The molecule has 0 saturated carbocycles. The van der Waals surface area contributed by atoms with Crippen molar-refractivity contribution in [3.8, 4) is 11.5 Å². The fourth-order valence-corrected chi connectivity index (χ4v) is 2.77. The van der Waals surface area contributed by atoms with Crippen LogP contribution in [0, 0.1) is 5.82 Å². The highest BCUT2D eigenvalue weighted by Gasteiger charge is 2.05. The van der Waals surface area contributed by atoms with Crippen molar-refractivity contribution in [2.75, 3.05) is 34.4 Å². The smallest absolute Gasteiger partial charge is 0.190 e. The van der Waals surface area contributed by atoms with Crippen molar-refractivity contribution in [1.29, 1.82) is 0 Å². The Bertz CT molecular complexity index is 750. The lowest BCUT2D eigenvalue weighted by Crippen LogP contribution is -2.38. The average molecular weight is 373 g/mol. The van der Waals surface area contributed by atoms with E-state index >= 15 is 0 Å². The first-order valence-corrected chi connectivity index (χ1v) is 9.06. The molecule has 0 bridgehead atoms. The van der Waals surface area contributed by atoms with Gasteiger partial charge in [0.1, 0.15) is 5.82 Å². The minimum atomic E-state index is -0.187. The summed E-state index contributed by atoms with van der Waals surface area (Å²) in [7, 11) is 5.01. The van der Waals surface area contributed by atoms with Gasteiger partial charge in [-0.1, -0.05) is 18.2 Å². The number of rotatable bonds is 9. The molecule has 0 aliphatic heterocycles. The first-order valence-electron chi connectivity index (χ1n) is 9.06. The van der Waals surface area contributed by atoms with E-state index < -0.39 is 0 Å². The number of hydrogen-bond acceptors (Lipinski definition) is 3. The Hall–Kier alpha value is -2.76. The molecule has 0 aliphatic rings. The van der Waals surface area contributed by atoms with Gasteiger partial charge in [-0.2, -0.15) is 0 Å². The SMILES string of the molecule is CN=C(NCCCc1cccc(F)c1)NCCc1ccc(OC)c(OC)c1. The van der Waals surface area contributed by atoms with Crippen LogP contribution in [0.15, 0.2) is 47.5 Å². The van der Waals surface area contributed by atoms with E-state index in [0.29, 0.717) is 0 Å². The van der Waals surface area contributed by atoms with Crippen LogP contribution in [0.2, 0.25) is 0 Å². The van der Waals surface area contributed by atoms with Crippen LogP contribution in [-0.4, -0.2) is 40.3 Å². The lowest BCUT2D eigenvalue weighted by atomic mass is 10.1. The number of halogens is 1. The minimum Gasteiger partial charge on any atom is -0.493 e. The summed E-state index contributed by atoms with van der Waals surface area (Å²) >= 11 is 0. The molecule has 0 saturated heterocycles. The molecule has 2 aromatic rings. The maximum absolute atomic E-state index is 13.2. The standard InChI is InChI=1S/C21H28FN3O2/c1-23-21(24-12-5-7-16-6-4-8-18(22)14-16)25-13-11-17-9-10-19(26-2)20(15-17)27-3/h4,6,8-10,14-15H,5,7,11-13H2,1-3H3,(H2,23,24,25). The number of nitrogens with zero attached hydrogens (tertiary/aromatic N) is 1. The Morgan fingerprint density at radius 2 is 1.67 bits per heavy atom. The third-order valence-corrected chi connectivity index (χ3v) is 4.20. The van der Waals surface area contributed by atoms with Crippen LogP contribution in [0.25, 0.3) is 0 Å². The molecule has 6 heteroatoms. The second-order valence-corrected chi connectivity index (χ2v) is 6.10. The van der Waals surface area contributed by atoms with E-state index in [2.05, 4.69) is 15.6 Å². The summed E-state index contributed by atoms with van der Waals surface area (Å²) in [4.78, 5) is 4.23. The predicted molar refractivity (Wildman–Crippen MR) is 107 cm³/mol. The van der Waals surface area contributed by atoms with Crippen molar-refractivity contribution in [1.82, 2.24) is 10.6 Å². The molecule has 0 heterocycles. The van der Waals surface area contributed by atoms with Crippen LogP contribution in [0.5, 0.6) is 11.5 Å². The monoisotopic (exact) mass is 373 g/mol. The topological polar surface area (TPSA) is 54.9 Å². The summed E-state index contributed by atoms with van der Waals surface area (Å²) in [5, 5.41) is 6.58.